The van der Waals surface area contributed by atoms with Crippen LogP contribution < -0.4 is 4.90 Å². The van der Waals surface area contributed by atoms with Crippen molar-refractivity contribution in [2.75, 3.05) is 11.9 Å². The number of rotatable bonds is 0. The van der Waals surface area contributed by atoms with E-state index in [0.29, 0.717) is 12.0 Å². The van der Waals surface area contributed by atoms with Crippen molar-refractivity contribution in [3.8, 4) is 0 Å². The van der Waals surface area contributed by atoms with E-state index < -0.39 is 0 Å². The first-order chi connectivity index (χ1) is 8.02. The third kappa shape index (κ3) is 1.31. The Morgan fingerprint density at radius 2 is 1.71 bits per heavy atom. The number of anilines is 1. The summed E-state index contributed by atoms with van der Waals surface area (Å²) in [5.41, 5.74) is 6.41. The normalized spacial score (nSPS) is 35.0. The topological polar surface area (TPSA) is 3.24 Å². The van der Waals surface area contributed by atoms with E-state index in [0.717, 1.165) is 11.8 Å². The molecule has 3 rings (SSSR count). The maximum atomic E-state index is 2.45. The summed E-state index contributed by atoms with van der Waals surface area (Å²) >= 11 is 0. The van der Waals surface area contributed by atoms with Crippen molar-refractivity contribution in [1.29, 1.82) is 0 Å². The molecule has 1 aromatic rings. The minimum Gasteiger partial charge on any atom is -0.371 e. The third-order valence-corrected chi connectivity index (χ3v) is 5.38. The lowest BCUT2D eigenvalue weighted by Gasteiger charge is -2.20. The van der Waals surface area contributed by atoms with Crippen molar-refractivity contribution >= 4 is 5.69 Å². The predicted molar refractivity (Wildman–Crippen MR) is 74.0 cm³/mol. The summed E-state index contributed by atoms with van der Waals surface area (Å²) in [4.78, 5) is 2.45. The third-order valence-electron chi connectivity index (χ3n) is 5.38. The predicted octanol–water partition coefficient (Wildman–Crippen LogP) is 3.92. The zero-order valence-electron chi connectivity index (χ0n) is 11.6. The van der Waals surface area contributed by atoms with E-state index in [1.807, 2.05) is 0 Å². The fourth-order valence-corrected chi connectivity index (χ4v) is 3.78. The van der Waals surface area contributed by atoms with Crippen molar-refractivity contribution in [3.63, 3.8) is 0 Å². The molecule has 1 aliphatic heterocycles. The molecule has 0 saturated carbocycles. The van der Waals surface area contributed by atoms with Crippen molar-refractivity contribution in [3.05, 3.63) is 28.8 Å². The highest BCUT2D eigenvalue weighted by atomic mass is 15.2. The maximum Gasteiger partial charge on any atom is 0.0405 e. The Hall–Kier alpha value is -0.980. The first-order valence-corrected chi connectivity index (χ1v) is 6.90. The van der Waals surface area contributed by atoms with E-state index in [9.17, 15) is 0 Å². The Kier molecular flexibility index (Phi) is 2.30. The Balaban J connectivity index is 2.21. The van der Waals surface area contributed by atoms with E-state index in [1.54, 1.807) is 16.7 Å². The van der Waals surface area contributed by atoms with Gasteiger partial charge in [-0.3, -0.25) is 0 Å². The molecule has 1 nitrogen and oxygen atoms in total. The van der Waals surface area contributed by atoms with Crippen LogP contribution in [0.25, 0.3) is 0 Å². The van der Waals surface area contributed by atoms with E-state index in [-0.39, 0.29) is 0 Å². The number of likely N-dealkylation sites (N-methyl/N-ethyl adjacent to an activating group) is 1. The highest BCUT2D eigenvalue weighted by molar-refractivity contribution is 5.67. The average Bonchev–Trinajstić information content (AvgIpc) is 2.71. The number of hydrogen-bond donors (Lipinski definition) is 0. The van der Waals surface area contributed by atoms with Crippen LogP contribution in [0.4, 0.5) is 5.69 Å². The van der Waals surface area contributed by atoms with Gasteiger partial charge < -0.3 is 4.90 Å². The van der Waals surface area contributed by atoms with Crippen LogP contribution in [0.3, 0.4) is 0 Å². The van der Waals surface area contributed by atoms with Crippen LogP contribution in [0, 0.1) is 5.92 Å². The first kappa shape index (κ1) is 11.1. The quantitative estimate of drug-likeness (QED) is 0.651. The fourth-order valence-electron chi connectivity index (χ4n) is 3.78. The molecule has 1 aromatic carbocycles. The Bertz CT molecular complexity index is 463. The van der Waals surface area contributed by atoms with Crippen LogP contribution in [0.5, 0.6) is 0 Å². The Morgan fingerprint density at radius 3 is 2.41 bits per heavy atom. The highest BCUT2D eigenvalue weighted by Gasteiger charge is 2.37. The molecule has 0 aromatic heterocycles. The van der Waals surface area contributed by atoms with E-state index in [2.05, 4.69) is 51.8 Å². The van der Waals surface area contributed by atoms with E-state index >= 15 is 0 Å². The Morgan fingerprint density at radius 1 is 1.00 bits per heavy atom. The van der Waals surface area contributed by atoms with Gasteiger partial charge in [-0.2, -0.15) is 0 Å². The van der Waals surface area contributed by atoms with Crippen LogP contribution in [-0.2, 0) is 6.42 Å². The van der Waals surface area contributed by atoms with Crippen molar-refractivity contribution in [2.24, 2.45) is 5.92 Å². The number of nitrogens with zero attached hydrogens (tertiary/aromatic N) is 1. The molecule has 2 aliphatic rings. The average molecular weight is 229 g/mol. The lowest BCUT2D eigenvalue weighted by Crippen LogP contribution is -2.25. The molecular formula is C16H23N. The molecule has 1 heteroatoms. The zero-order chi connectivity index (χ0) is 12.3. The van der Waals surface area contributed by atoms with Gasteiger partial charge in [0.05, 0.1) is 0 Å². The molecule has 0 radical (unpaired) electrons. The van der Waals surface area contributed by atoms with Gasteiger partial charge in [-0.1, -0.05) is 26.8 Å². The van der Waals surface area contributed by atoms with Crippen LogP contribution in [0.1, 0.15) is 56.2 Å². The fraction of sp³-hybridized carbons (Fsp3) is 0.625. The zero-order valence-corrected chi connectivity index (χ0v) is 11.6. The van der Waals surface area contributed by atoms with Crippen molar-refractivity contribution in [2.45, 2.75) is 52.0 Å². The van der Waals surface area contributed by atoms with Crippen LogP contribution >= 0.6 is 0 Å². The van der Waals surface area contributed by atoms with Gasteiger partial charge >= 0.3 is 0 Å². The summed E-state index contributed by atoms with van der Waals surface area (Å²) in [5.74, 6) is 2.23. The largest absolute Gasteiger partial charge is 0.371 e. The lowest BCUT2D eigenvalue weighted by molar-refractivity contribution is 0.526. The summed E-state index contributed by atoms with van der Waals surface area (Å²) in [6, 6.07) is 5.36. The molecule has 4 atom stereocenters. The van der Waals surface area contributed by atoms with Gasteiger partial charge in [-0.15, -0.1) is 0 Å². The molecule has 0 N–H and O–H groups in total. The second-order valence-corrected chi connectivity index (χ2v) is 6.18. The second-order valence-electron chi connectivity index (χ2n) is 6.18. The summed E-state index contributed by atoms with van der Waals surface area (Å²) in [5, 5.41) is 0. The summed E-state index contributed by atoms with van der Waals surface area (Å²) in [6.07, 6.45) is 1.27. The molecule has 0 fully saturated rings. The molecule has 0 unspecified atom stereocenters. The molecule has 92 valence electrons. The number of hydrogen-bond acceptors (Lipinski definition) is 1. The van der Waals surface area contributed by atoms with E-state index in [4.69, 9.17) is 0 Å². The van der Waals surface area contributed by atoms with Crippen molar-refractivity contribution < 1.29 is 0 Å². The molecule has 0 spiro atoms. The van der Waals surface area contributed by atoms with Gasteiger partial charge in [-0.25, -0.2) is 0 Å². The second kappa shape index (κ2) is 3.51. The summed E-state index contributed by atoms with van der Waals surface area (Å²) in [7, 11) is 2.24. The van der Waals surface area contributed by atoms with Crippen LogP contribution in [-0.4, -0.2) is 13.1 Å². The highest BCUT2D eigenvalue weighted by Crippen LogP contribution is 2.49. The standard InChI is InChI=1S/C16H23N/c1-9-8-13-6-7-14-16(15(13)10(9)2)11(3)12(4)17(14)5/h6-7,9-12H,8H2,1-5H3/t9-,10-,11+,12-/m0/s1. The molecule has 0 amide bonds. The van der Waals surface area contributed by atoms with Crippen molar-refractivity contribution in [1.82, 2.24) is 0 Å². The molecule has 0 bridgehead atoms. The minimum absolute atomic E-state index is 0.639. The molecule has 1 heterocycles. The van der Waals surface area contributed by atoms with Crippen LogP contribution in [0.2, 0.25) is 0 Å². The molecule has 0 saturated heterocycles. The summed E-state index contributed by atoms with van der Waals surface area (Å²) in [6.45, 7) is 9.54. The van der Waals surface area contributed by atoms with Gasteiger partial charge in [0.1, 0.15) is 0 Å². The van der Waals surface area contributed by atoms with Gasteiger partial charge in [0.15, 0.2) is 0 Å². The van der Waals surface area contributed by atoms with Gasteiger partial charge in [0.2, 0.25) is 0 Å². The van der Waals surface area contributed by atoms with Gasteiger partial charge in [-0.05, 0) is 47.9 Å². The van der Waals surface area contributed by atoms with E-state index in [1.165, 1.54) is 12.1 Å². The number of benzene rings is 1. The van der Waals surface area contributed by atoms with Crippen LogP contribution in [0.15, 0.2) is 12.1 Å². The summed E-state index contributed by atoms with van der Waals surface area (Å²) < 4.78 is 0. The maximum absolute atomic E-state index is 2.45. The van der Waals surface area contributed by atoms with Gasteiger partial charge in [0, 0.05) is 24.7 Å². The van der Waals surface area contributed by atoms with Gasteiger partial charge in [0.25, 0.3) is 0 Å². The minimum atomic E-state index is 0.639. The SMILES string of the molecule is C[C@@H]1c2c(ccc3c2[C@H](C)[C@H](C)N3C)C[C@@H]1C. The molecular weight excluding hydrogens is 206 g/mol. The first-order valence-electron chi connectivity index (χ1n) is 6.90. The number of fused-ring (bicyclic) bond motifs is 3. The molecule has 17 heavy (non-hydrogen) atoms. The smallest absolute Gasteiger partial charge is 0.0405 e. The monoisotopic (exact) mass is 229 g/mol. The lowest BCUT2D eigenvalue weighted by atomic mass is 9.87. The molecule has 1 aliphatic carbocycles. The Labute approximate surface area is 105 Å².